The second-order valence-electron chi connectivity index (χ2n) is 4.16. The van der Waals surface area contributed by atoms with E-state index < -0.39 is 0 Å². The van der Waals surface area contributed by atoms with Crippen molar-refractivity contribution in [1.82, 2.24) is 15.1 Å². The lowest BCUT2D eigenvalue weighted by molar-refractivity contribution is -0.122. The van der Waals surface area contributed by atoms with Gasteiger partial charge in [0.1, 0.15) is 12.4 Å². The summed E-state index contributed by atoms with van der Waals surface area (Å²) in [7, 11) is 0. The highest BCUT2D eigenvalue weighted by Gasteiger charge is 2.06. The zero-order valence-corrected chi connectivity index (χ0v) is 11.1. The molecule has 0 radical (unpaired) electrons. The Bertz CT molecular complexity index is 561. The molecule has 0 aliphatic carbocycles. The fraction of sp³-hybridized carbons (Fsp3) is 0.231. The molecular weight excluding hydrogens is 269 g/mol. The van der Waals surface area contributed by atoms with Crippen LogP contribution in [0.3, 0.4) is 0 Å². The summed E-state index contributed by atoms with van der Waals surface area (Å²) in [5.41, 5.74) is 1.53. The first-order valence-corrected chi connectivity index (χ1v) is 6.13. The van der Waals surface area contributed by atoms with Crippen LogP contribution in [0.2, 0.25) is 5.02 Å². The monoisotopic (exact) mass is 281 g/mol. The fourth-order valence-corrected chi connectivity index (χ4v) is 1.73. The number of benzene rings is 1. The number of halogens is 2. The molecule has 1 N–H and O–H groups in total. The van der Waals surface area contributed by atoms with E-state index in [9.17, 15) is 9.18 Å². The zero-order chi connectivity index (χ0) is 13.8. The molecule has 0 atom stereocenters. The molecule has 1 amide bonds. The average Bonchev–Trinajstić information content (AvgIpc) is 2.67. The minimum absolute atomic E-state index is 0.106. The first-order chi connectivity index (χ1) is 9.04. The summed E-state index contributed by atoms with van der Waals surface area (Å²) in [6.45, 7) is 2.23. The van der Waals surface area contributed by atoms with Crippen LogP contribution in [0.1, 0.15) is 11.3 Å². The number of hydrogen-bond donors (Lipinski definition) is 1. The zero-order valence-electron chi connectivity index (χ0n) is 10.4. The van der Waals surface area contributed by atoms with E-state index in [1.165, 1.54) is 16.8 Å². The summed E-state index contributed by atoms with van der Waals surface area (Å²) in [5, 5.41) is 7.36. The molecule has 0 aliphatic rings. The number of rotatable bonds is 4. The van der Waals surface area contributed by atoms with Gasteiger partial charge in [-0.3, -0.25) is 9.48 Å². The average molecular weight is 282 g/mol. The van der Waals surface area contributed by atoms with Crippen LogP contribution < -0.4 is 5.32 Å². The molecule has 6 heteroatoms. The molecule has 0 saturated carbocycles. The van der Waals surface area contributed by atoms with Gasteiger partial charge in [0.15, 0.2) is 0 Å². The molecule has 0 unspecified atom stereocenters. The number of carbonyl (C=O) groups excluding carboxylic acids is 1. The molecule has 0 aliphatic heterocycles. The number of nitrogens with zero attached hydrogens (tertiary/aromatic N) is 2. The Morgan fingerprint density at radius 3 is 2.68 bits per heavy atom. The summed E-state index contributed by atoms with van der Waals surface area (Å²) < 4.78 is 14.2. The molecule has 0 spiro atoms. The molecule has 1 heterocycles. The van der Waals surface area contributed by atoms with Crippen molar-refractivity contribution in [3.63, 3.8) is 0 Å². The van der Waals surface area contributed by atoms with Crippen LogP contribution in [0.5, 0.6) is 0 Å². The molecule has 1 aromatic carbocycles. The summed E-state index contributed by atoms with van der Waals surface area (Å²) in [6, 6.07) is 5.98. The van der Waals surface area contributed by atoms with Crippen LogP contribution in [0.4, 0.5) is 4.39 Å². The Morgan fingerprint density at radius 1 is 1.42 bits per heavy atom. The lowest BCUT2D eigenvalue weighted by atomic mass is 10.2. The predicted octanol–water partition coefficient (Wildman–Crippen LogP) is 2.30. The van der Waals surface area contributed by atoms with Gasteiger partial charge in [0.25, 0.3) is 0 Å². The van der Waals surface area contributed by atoms with Gasteiger partial charge >= 0.3 is 0 Å². The van der Waals surface area contributed by atoms with Crippen LogP contribution in [0, 0.1) is 12.7 Å². The topological polar surface area (TPSA) is 46.9 Å². The van der Waals surface area contributed by atoms with Crippen molar-refractivity contribution in [1.29, 1.82) is 0 Å². The van der Waals surface area contributed by atoms with E-state index in [0.717, 1.165) is 5.56 Å². The first kappa shape index (κ1) is 13.5. The van der Waals surface area contributed by atoms with Gasteiger partial charge in [0.05, 0.1) is 10.7 Å². The SMILES string of the molecule is Cc1nn(CC(=O)NCc2ccc(F)cc2)cc1Cl. The maximum absolute atomic E-state index is 12.7. The number of carbonyl (C=O) groups is 1. The van der Waals surface area contributed by atoms with E-state index in [2.05, 4.69) is 10.4 Å². The maximum atomic E-state index is 12.7. The van der Waals surface area contributed by atoms with E-state index in [-0.39, 0.29) is 18.3 Å². The molecule has 0 saturated heterocycles. The van der Waals surface area contributed by atoms with Crippen LogP contribution in [-0.2, 0) is 17.9 Å². The third kappa shape index (κ3) is 3.79. The molecule has 0 fully saturated rings. The number of aryl methyl sites for hydroxylation is 1. The van der Waals surface area contributed by atoms with Gasteiger partial charge in [-0.25, -0.2) is 4.39 Å². The molecule has 4 nitrogen and oxygen atoms in total. The fourth-order valence-electron chi connectivity index (χ4n) is 1.58. The summed E-state index contributed by atoms with van der Waals surface area (Å²) in [4.78, 5) is 11.7. The van der Waals surface area contributed by atoms with E-state index >= 15 is 0 Å². The highest BCUT2D eigenvalue weighted by molar-refractivity contribution is 6.31. The Labute approximate surface area is 115 Å². The number of aromatic nitrogens is 2. The normalized spacial score (nSPS) is 10.5. The summed E-state index contributed by atoms with van der Waals surface area (Å²) in [6.07, 6.45) is 1.61. The van der Waals surface area contributed by atoms with Crippen molar-refractivity contribution in [2.24, 2.45) is 0 Å². The van der Waals surface area contributed by atoms with Crippen molar-refractivity contribution in [2.75, 3.05) is 0 Å². The quantitative estimate of drug-likeness (QED) is 0.935. The van der Waals surface area contributed by atoms with E-state index in [1.807, 2.05) is 0 Å². The van der Waals surface area contributed by atoms with Crippen molar-refractivity contribution in [2.45, 2.75) is 20.0 Å². The van der Waals surface area contributed by atoms with E-state index in [1.54, 1.807) is 25.3 Å². The standard InChI is InChI=1S/C13H13ClFN3O/c1-9-12(14)7-18(17-9)8-13(19)16-6-10-2-4-11(15)5-3-10/h2-5,7H,6,8H2,1H3,(H,16,19). The van der Waals surface area contributed by atoms with Crippen molar-refractivity contribution >= 4 is 17.5 Å². The number of nitrogens with one attached hydrogen (secondary N) is 1. The number of amides is 1. The van der Waals surface area contributed by atoms with Gasteiger partial charge in [-0.05, 0) is 24.6 Å². The van der Waals surface area contributed by atoms with Gasteiger partial charge in [-0.15, -0.1) is 0 Å². The second kappa shape index (κ2) is 5.84. The maximum Gasteiger partial charge on any atom is 0.241 e. The summed E-state index contributed by atoms with van der Waals surface area (Å²) in [5.74, 6) is -0.472. The molecule has 0 bridgehead atoms. The number of hydrogen-bond acceptors (Lipinski definition) is 2. The Hall–Kier alpha value is -1.88. The van der Waals surface area contributed by atoms with E-state index in [4.69, 9.17) is 11.6 Å². The Kier molecular flexibility index (Phi) is 4.16. The highest BCUT2D eigenvalue weighted by atomic mass is 35.5. The predicted molar refractivity (Wildman–Crippen MR) is 70.2 cm³/mol. The second-order valence-corrected chi connectivity index (χ2v) is 4.57. The van der Waals surface area contributed by atoms with E-state index in [0.29, 0.717) is 17.3 Å². The van der Waals surface area contributed by atoms with Gasteiger partial charge in [-0.1, -0.05) is 23.7 Å². The highest BCUT2D eigenvalue weighted by Crippen LogP contribution is 2.11. The van der Waals surface area contributed by atoms with Crippen molar-refractivity contribution < 1.29 is 9.18 Å². The van der Waals surface area contributed by atoms with Crippen LogP contribution in [-0.4, -0.2) is 15.7 Å². The van der Waals surface area contributed by atoms with Crippen LogP contribution in [0.25, 0.3) is 0 Å². The Morgan fingerprint density at radius 2 is 2.11 bits per heavy atom. The largest absolute Gasteiger partial charge is 0.350 e. The van der Waals surface area contributed by atoms with Crippen molar-refractivity contribution in [3.05, 3.63) is 52.6 Å². The third-order valence-corrected chi connectivity index (χ3v) is 2.97. The lowest BCUT2D eigenvalue weighted by Gasteiger charge is -2.05. The lowest BCUT2D eigenvalue weighted by Crippen LogP contribution is -2.27. The van der Waals surface area contributed by atoms with Gasteiger partial charge < -0.3 is 5.32 Å². The molecular formula is C13H13ClFN3O. The van der Waals surface area contributed by atoms with Crippen LogP contribution in [0.15, 0.2) is 30.5 Å². The first-order valence-electron chi connectivity index (χ1n) is 5.75. The van der Waals surface area contributed by atoms with Gasteiger partial charge in [0, 0.05) is 12.7 Å². The molecule has 1 aromatic heterocycles. The molecule has 19 heavy (non-hydrogen) atoms. The van der Waals surface area contributed by atoms with Gasteiger partial charge in [0.2, 0.25) is 5.91 Å². The third-order valence-electron chi connectivity index (χ3n) is 2.59. The molecule has 100 valence electrons. The van der Waals surface area contributed by atoms with Gasteiger partial charge in [-0.2, -0.15) is 5.10 Å². The summed E-state index contributed by atoms with van der Waals surface area (Å²) >= 11 is 5.85. The molecule has 2 rings (SSSR count). The van der Waals surface area contributed by atoms with Crippen LogP contribution >= 0.6 is 11.6 Å². The Balaban J connectivity index is 1.86. The minimum atomic E-state index is -0.295. The smallest absolute Gasteiger partial charge is 0.241 e. The molecule has 2 aromatic rings. The van der Waals surface area contributed by atoms with Crippen molar-refractivity contribution in [3.8, 4) is 0 Å². The minimum Gasteiger partial charge on any atom is -0.350 e.